The van der Waals surface area contributed by atoms with Crippen molar-refractivity contribution in [2.24, 2.45) is 0 Å². The molecule has 0 radical (unpaired) electrons. The molecule has 0 saturated heterocycles. The molecule has 0 amide bonds. The molecule has 1 N–H and O–H groups in total. The van der Waals surface area contributed by atoms with Gasteiger partial charge in [0.2, 0.25) is 0 Å². The zero-order valence-corrected chi connectivity index (χ0v) is 5.65. The number of nitrogens with zero attached hydrogens (tertiary/aromatic N) is 1. The molecule has 0 heterocycles. The van der Waals surface area contributed by atoms with Crippen LogP contribution in [0.15, 0.2) is 0 Å². The molecule has 0 spiro atoms. The summed E-state index contributed by atoms with van der Waals surface area (Å²) in [4.78, 5) is 2.13. The van der Waals surface area contributed by atoms with E-state index in [1.807, 2.05) is 14.1 Å². The van der Waals surface area contributed by atoms with E-state index in [9.17, 15) is 0 Å². The first-order valence-electron chi connectivity index (χ1n) is 2.91. The normalized spacial score (nSPS) is 9.88. The molecule has 2 heteroatoms. The smallest absolute Gasteiger partial charge is 0.00213 e. The van der Waals surface area contributed by atoms with Gasteiger partial charge < -0.3 is 10.3 Å². The summed E-state index contributed by atoms with van der Waals surface area (Å²) in [7, 11) is 4.09. The van der Waals surface area contributed by atoms with Gasteiger partial charge in [-0.2, -0.15) is 0 Å². The molecular weight excluding hydrogens is 100 g/mol. The van der Waals surface area contributed by atoms with Crippen LogP contribution in [0.25, 0.3) is 0 Å². The minimum atomic E-state index is 0.915. The average molecular weight is 114 g/mol. The molecule has 0 aliphatic carbocycles. The van der Waals surface area contributed by atoms with Crippen LogP contribution in [0.1, 0.15) is 12.8 Å². The van der Waals surface area contributed by atoms with E-state index in [4.69, 9.17) is 5.41 Å². The SMILES string of the molecule is CN(C)CCCC=N. The third-order valence-corrected chi connectivity index (χ3v) is 0.954. The Balaban J connectivity index is 2.81. The molecule has 0 unspecified atom stereocenters. The highest BCUT2D eigenvalue weighted by Gasteiger charge is 1.85. The Morgan fingerprint density at radius 1 is 1.50 bits per heavy atom. The van der Waals surface area contributed by atoms with Crippen LogP contribution in [0, 0.1) is 5.41 Å². The van der Waals surface area contributed by atoms with Crippen LogP contribution < -0.4 is 0 Å². The van der Waals surface area contributed by atoms with E-state index >= 15 is 0 Å². The van der Waals surface area contributed by atoms with E-state index in [0.29, 0.717) is 0 Å². The number of unbranched alkanes of at least 4 members (excludes halogenated alkanes) is 1. The summed E-state index contributed by atoms with van der Waals surface area (Å²) in [6.45, 7) is 1.09. The molecule has 0 rings (SSSR count). The first-order chi connectivity index (χ1) is 3.77. The second-order valence-corrected chi connectivity index (χ2v) is 2.15. The summed E-state index contributed by atoms with van der Waals surface area (Å²) in [5.41, 5.74) is 0. The van der Waals surface area contributed by atoms with Gasteiger partial charge in [-0.05, 0) is 39.7 Å². The lowest BCUT2D eigenvalue weighted by molar-refractivity contribution is 0.404. The van der Waals surface area contributed by atoms with Crippen molar-refractivity contribution in [3.8, 4) is 0 Å². The maximum atomic E-state index is 6.70. The first-order valence-corrected chi connectivity index (χ1v) is 2.91. The van der Waals surface area contributed by atoms with Gasteiger partial charge in [-0.3, -0.25) is 0 Å². The molecule has 0 aromatic carbocycles. The van der Waals surface area contributed by atoms with Gasteiger partial charge in [0.25, 0.3) is 0 Å². The standard InChI is InChI=1S/C6H14N2/c1-8(2)6-4-3-5-7/h5,7H,3-4,6H2,1-2H3. The summed E-state index contributed by atoms with van der Waals surface area (Å²) >= 11 is 0. The second-order valence-electron chi connectivity index (χ2n) is 2.15. The molecule has 0 bridgehead atoms. The minimum Gasteiger partial charge on any atom is -0.313 e. The van der Waals surface area contributed by atoms with Gasteiger partial charge in [0.05, 0.1) is 0 Å². The van der Waals surface area contributed by atoms with Crippen molar-refractivity contribution >= 4 is 6.21 Å². The van der Waals surface area contributed by atoms with Crippen LogP contribution in [0.5, 0.6) is 0 Å². The number of hydrogen-bond acceptors (Lipinski definition) is 2. The second kappa shape index (κ2) is 4.78. The largest absolute Gasteiger partial charge is 0.313 e. The Bertz CT molecular complexity index is 59.5. The zero-order valence-electron chi connectivity index (χ0n) is 5.65. The maximum Gasteiger partial charge on any atom is -0.00213 e. The lowest BCUT2D eigenvalue weighted by Gasteiger charge is -2.05. The predicted octanol–water partition coefficient (Wildman–Crippen LogP) is 0.978. The summed E-state index contributed by atoms with van der Waals surface area (Å²) in [5.74, 6) is 0. The van der Waals surface area contributed by atoms with Crippen LogP contribution in [0.2, 0.25) is 0 Å². The van der Waals surface area contributed by atoms with E-state index in [2.05, 4.69) is 4.90 Å². The van der Waals surface area contributed by atoms with E-state index in [0.717, 1.165) is 19.4 Å². The quantitative estimate of drug-likeness (QED) is 0.428. The fraction of sp³-hybridized carbons (Fsp3) is 0.833. The topological polar surface area (TPSA) is 27.1 Å². The molecule has 0 aromatic heterocycles. The van der Waals surface area contributed by atoms with Crippen molar-refractivity contribution in [2.75, 3.05) is 20.6 Å². The molecule has 0 fully saturated rings. The van der Waals surface area contributed by atoms with Crippen LogP contribution in [-0.2, 0) is 0 Å². The average Bonchev–Trinajstić information content (AvgIpc) is 1.66. The summed E-state index contributed by atoms with van der Waals surface area (Å²) < 4.78 is 0. The zero-order chi connectivity index (χ0) is 6.41. The molecule has 0 aliphatic rings. The summed E-state index contributed by atoms with van der Waals surface area (Å²) in [5, 5.41) is 6.70. The lowest BCUT2D eigenvalue weighted by atomic mass is 10.3. The molecule has 0 aliphatic heterocycles. The van der Waals surface area contributed by atoms with Gasteiger partial charge in [-0.1, -0.05) is 0 Å². The molecule has 48 valence electrons. The minimum absolute atomic E-state index is 0.915. The van der Waals surface area contributed by atoms with Gasteiger partial charge in [-0.15, -0.1) is 0 Å². The molecular formula is C6H14N2. The molecule has 0 atom stereocenters. The number of rotatable bonds is 4. The van der Waals surface area contributed by atoms with Gasteiger partial charge in [0.15, 0.2) is 0 Å². The first kappa shape index (κ1) is 7.63. The predicted molar refractivity (Wildman–Crippen MR) is 36.6 cm³/mol. The van der Waals surface area contributed by atoms with Gasteiger partial charge in [0, 0.05) is 0 Å². The van der Waals surface area contributed by atoms with Crippen molar-refractivity contribution < 1.29 is 0 Å². The van der Waals surface area contributed by atoms with Crippen LogP contribution >= 0.6 is 0 Å². The maximum absolute atomic E-state index is 6.70. The van der Waals surface area contributed by atoms with E-state index in [1.165, 1.54) is 6.21 Å². The summed E-state index contributed by atoms with van der Waals surface area (Å²) in [6, 6.07) is 0. The highest BCUT2D eigenvalue weighted by Crippen LogP contribution is 1.85. The molecule has 2 nitrogen and oxygen atoms in total. The Morgan fingerprint density at radius 3 is 2.50 bits per heavy atom. The highest BCUT2D eigenvalue weighted by molar-refractivity contribution is 5.52. The van der Waals surface area contributed by atoms with Crippen molar-refractivity contribution in [2.45, 2.75) is 12.8 Å². The highest BCUT2D eigenvalue weighted by atomic mass is 15.0. The summed E-state index contributed by atoms with van der Waals surface area (Å²) in [6.07, 6.45) is 3.48. The Morgan fingerprint density at radius 2 is 2.12 bits per heavy atom. The molecule has 0 saturated carbocycles. The third kappa shape index (κ3) is 5.63. The van der Waals surface area contributed by atoms with E-state index in [1.54, 1.807) is 0 Å². The Labute approximate surface area is 51.0 Å². The van der Waals surface area contributed by atoms with E-state index < -0.39 is 0 Å². The third-order valence-electron chi connectivity index (χ3n) is 0.954. The molecule has 0 aromatic rings. The van der Waals surface area contributed by atoms with Crippen molar-refractivity contribution in [3.05, 3.63) is 0 Å². The van der Waals surface area contributed by atoms with Gasteiger partial charge in [-0.25, -0.2) is 0 Å². The fourth-order valence-corrected chi connectivity index (χ4v) is 0.510. The van der Waals surface area contributed by atoms with Crippen LogP contribution in [-0.4, -0.2) is 31.8 Å². The van der Waals surface area contributed by atoms with E-state index in [-0.39, 0.29) is 0 Å². The van der Waals surface area contributed by atoms with Crippen LogP contribution in [0.3, 0.4) is 0 Å². The van der Waals surface area contributed by atoms with Crippen molar-refractivity contribution in [3.63, 3.8) is 0 Å². The fourth-order valence-electron chi connectivity index (χ4n) is 0.510. The van der Waals surface area contributed by atoms with Gasteiger partial charge >= 0.3 is 0 Å². The Kier molecular flexibility index (Phi) is 4.56. The number of nitrogens with one attached hydrogen (secondary N) is 1. The van der Waals surface area contributed by atoms with Crippen molar-refractivity contribution in [1.29, 1.82) is 5.41 Å². The Hall–Kier alpha value is -0.370. The van der Waals surface area contributed by atoms with Crippen molar-refractivity contribution in [1.82, 2.24) is 4.90 Å². The van der Waals surface area contributed by atoms with Gasteiger partial charge in [0.1, 0.15) is 0 Å². The molecule has 8 heavy (non-hydrogen) atoms. The monoisotopic (exact) mass is 114 g/mol. The lowest BCUT2D eigenvalue weighted by Crippen LogP contribution is -2.12. The number of hydrogen-bond donors (Lipinski definition) is 1. The van der Waals surface area contributed by atoms with Crippen LogP contribution in [0.4, 0.5) is 0 Å².